The summed E-state index contributed by atoms with van der Waals surface area (Å²) >= 11 is 0. The Kier molecular flexibility index (Phi) is 10.4. The van der Waals surface area contributed by atoms with Crippen molar-refractivity contribution in [2.24, 2.45) is 52.3 Å². The second kappa shape index (κ2) is 14.1. The molecular formula is C39H64O13. The van der Waals surface area contributed by atoms with Gasteiger partial charge in [-0.15, -0.1) is 0 Å². The van der Waals surface area contributed by atoms with Gasteiger partial charge in [0.15, 0.2) is 18.4 Å². The van der Waals surface area contributed by atoms with Gasteiger partial charge < -0.3 is 64.2 Å². The van der Waals surface area contributed by atoms with Crippen LogP contribution in [0.25, 0.3) is 0 Å². The van der Waals surface area contributed by atoms with Crippen LogP contribution in [0.4, 0.5) is 0 Å². The third-order valence-corrected chi connectivity index (χ3v) is 16.2. The summed E-state index contributed by atoms with van der Waals surface area (Å²) in [6.07, 6.45) is -3.66. The molecule has 8 fully saturated rings. The summed E-state index contributed by atoms with van der Waals surface area (Å²) in [6, 6.07) is 0. The average Bonchev–Trinajstić information content (AvgIpc) is 3.58. The fraction of sp³-hybridized carbons (Fsp3) is 1.00. The van der Waals surface area contributed by atoms with Crippen LogP contribution >= 0.6 is 0 Å². The van der Waals surface area contributed by atoms with E-state index < -0.39 is 80.4 Å². The maximum absolute atomic E-state index is 11.2. The van der Waals surface area contributed by atoms with E-state index in [0.717, 1.165) is 45.1 Å². The van der Waals surface area contributed by atoms with Crippen molar-refractivity contribution < 1.29 is 64.2 Å². The first-order valence-corrected chi connectivity index (χ1v) is 20.3. The number of fused-ring (bicyclic) bond motifs is 7. The molecule has 4 saturated heterocycles. The Morgan fingerprint density at radius 2 is 1.37 bits per heavy atom. The van der Waals surface area contributed by atoms with E-state index in [1.165, 1.54) is 25.7 Å². The van der Waals surface area contributed by atoms with Crippen molar-refractivity contribution in [3.05, 3.63) is 0 Å². The van der Waals surface area contributed by atoms with Gasteiger partial charge in [-0.3, -0.25) is 0 Å². The molecule has 4 aliphatic heterocycles. The van der Waals surface area contributed by atoms with Crippen LogP contribution in [0.3, 0.4) is 0 Å². The third kappa shape index (κ3) is 5.98. The molecule has 13 nitrogen and oxygen atoms in total. The van der Waals surface area contributed by atoms with E-state index >= 15 is 0 Å². The monoisotopic (exact) mass is 740 g/mol. The zero-order valence-corrected chi connectivity index (χ0v) is 31.2. The molecule has 4 aliphatic carbocycles. The molecule has 0 bridgehead atoms. The van der Waals surface area contributed by atoms with Gasteiger partial charge in [0.2, 0.25) is 0 Å². The first-order chi connectivity index (χ1) is 24.7. The second-order valence-electron chi connectivity index (χ2n) is 18.7. The Hall–Kier alpha value is -0.520. The summed E-state index contributed by atoms with van der Waals surface area (Å²) in [5.41, 5.74) is 0.468. The summed E-state index contributed by atoms with van der Waals surface area (Å²) in [5, 5.41) is 72.8. The zero-order chi connectivity index (χ0) is 36.9. The molecule has 22 atom stereocenters. The Labute approximate surface area is 307 Å². The minimum Gasteiger partial charge on any atom is -0.394 e. The predicted molar refractivity (Wildman–Crippen MR) is 183 cm³/mol. The molecule has 4 saturated carbocycles. The van der Waals surface area contributed by atoms with Crippen LogP contribution in [-0.2, 0) is 28.4 Å². The minimum absolute atomic E-state index is 0.188. The van der Waals surface area contributed by atoms with E-state index in [0.29, 0.717) is 41.4 Å². The maximum atomic E-state index is 11.2. The second-order valence-corrected chi connectivity index (χ2v) is 18.7. The molecule has 0 amide bonds. The lowest BCUT2D eigenvalue weighted by molar-refractivity contribution is -0.364. The molecule has 13 heteroatoms. The van der Waals surface area contributed by atoms with Crippen molar-refractivity contribution in [2.45, 2.75) is 171 Å². The van der Waals surface area contributed by atoms with Gasteiger partial charge in [0.25, 0.3) is 0 Å². The van der Waals surface area contributed by atoms with Crippen molar-refractivity contribution in [1.82, 2.24) is 0 Å². The minimum atomic E-state index is -1.71. The summed E-state index contributed by atoms with van der Waals surface area (Å²) in [7, 11) is 0. The number of hydrogen-bond donors (Lipinski definition) is 7. The highest BCUT2D eigenvalue weighted by atomic mass is 16.7. The summed E-state index contributed by atoms with van der Waals surface area (Å²) < 4.78 is 37.0. The van der Waals surface area contributed by atoms with Gasteiger partial charge in [-0.05, 0) is 104 Å². The molecule has 0 aromatic rings. The molecule has 52 heavy (non-hydrogen) atoms. The molecule has 0 aromatic heterocycles. The van der Waals surface area contributed by atoms with Crippen molar-refractivity contribution in [3.8, 4) is 0 Å². The van der Waals surface area contributed by atoms with Crippen LogP contribution in [0.1, 0.15) is 91.9 Å². The quantitative estimate of drug-likeness (QED) is 0.194. The van der Waals surface area contributed by atoms with Gasteiger partial charge in [0.05, 0.1) is 32.0 Å². The van der Waals surface area contributed by atoms with Gasteiger partial charge in [0, 0.05) is 12.3 Å². The Morgan fingerprint density at radius 1 is 0.673 bits per heavy atom. The highest BCUT2D eigenvalue weighted by Gasteiger charge is 2.69. The summed E-state index contributed by atoms with van der Waals surface area (Å²) in [4.78, 5) is 0. The third-order valence-electron chi connectivity index (χ3n) is 16.2. The van der Waals surface area contributed by atoms with E-state index in [2.05, 4.69) is 27.7 Å². The normalized spacial score (nSPS) is 59.0. The smallest absolute Gasteiger partial charge is 0.187 e. The van der Waals surface area contributed by atoms with Gasteiger partial charge in [-0.25, -0.2) is 0 Å². The first kappa shape index (κ1) is 38.4. The first-order valence-electron chi connectivity index (χ1n) is 20.3. The summed E-state index contributed by atoms with van der Waals surface area (Å²) in [5.74, 6) is 3.63. The van der Waals surface area contributed by atoms with Crippen LogP contribution in [0.5, 0.6) is 0 Å². The maximum Gasteiger partial charge on any atom is 0.187 e. The lowest BCUT2D eigenvalue weighted by Gasteiger charge is -2.61. The van der Waals surface area contributed by atoms with Gasteiger partial charge in [0.1, 0.15) is 48.8 Å². The molecule has 7 N–H and O–H groups in total. The van der Waals surface area contributed by atoms with Gasteiger partial charge >= 0.3 is 0 Å². The van der Waals surface area contributed by atoms with E-state index in [9.17, 15) is 35.7 Å². The largest absolute Gasteiger partial charge is 0.394 e. The van der Waals surface area contributed by atoms with Crippen LogP contribution < -0.4 is 0 Å². The molecule has 4 heterocycles. The highest BCUT2D eigenvalue weighted by molar-refractivity contribution is 5.15. The standard InChI is InChI=1S/C39H64O13/c1-18-7-12-39(47-17-18)19(2)28-25(52-39)14-24-22-6-5-20-13-21(8-10-37(20,3)23(22)9-11-38(24,28)4)48-35-33(46)31(44)34(27(16-41)50-35)51-36-32(45)30(43)29(42)26(15-40)49-36/h18-36,40-46H,5-17H2,1-4H3/t18-,19-,20?,21-,22+,23-,24-,25?,26+,27+,28?,29+,30-,31+,32+,33+,34+,35+,36-,37-,38-,39+/m0/s1. The summed E-state index contributed by atoms with van der Waals surface area (Å²) in [6.45, 7) is 9.33. The number of hydrogen-bond acceptors (Lipinski definition) is 13. The fourth-order valence-electron chi connectivity index (χ4n) is 13.2. The predicted octanol–water partition coefficient (Wildman–Crippen LogP) is 1.44. The Bertz CT molecular complexity index is 1260. The van der Waals surface area contributed by atoms with Crippen molar-refractivity contribution >= 4 is 0 Å². The van der Waals surface area contributed by atoms with Gasteiger partial charge in [-0.1, -0.05) is 27.7 Å². The SMILES string of the molecule is C[C@H]1CC[C@@]2(OC1)OC1C[C@H]3[C@@H]4CCC5C[C@@H](O[C@@H]6O[C@H](CO)[C@@H](O[C@@H]7O[C@H](CO)[C@@H](O)[C@H](O)[C@H]7O)[C@H](O)[C@H]6O)CC[C@]5(C)[C@H]4CC[C@]3(C)C1[C@@H]2C. The topological polar surface area (TPSA) is 197 Å². The van der Waals surface area contributed by atoms with Crippen LogP contribution in [0, 0.1) is 52.3 Å². The van der Waals surface area contributed by atoms with Crippen LogP contribution in [0.2, 0.25) is 0 Å². The molecule has 8 aliphatic rings. The number of aliphatic hydroxyl groups is 7. The highest BCUT2D eigenvalue weighted by Crippen LogP contribution is 2.71. The van der Waals surface area contributed by atoms with Crippen LogP contribution in [0.15, 0.2) is 0 Å². The zero-order valence-electron chi connectivity index (χ0n) is 31.2. The van der Waals surface area contributed by atoms with E-state index in [4.69, 9.17) is 28.4 Å². The molecule has 0 aromatic carbocycles. The van der Waals surface area contributed by atoms with Crippen LogP contribution in [-0.4, -0.2) is 135 Å². The molecule has 0 radical (unpaired) electrons. The molecule has 1 spiro atoms. The van der Waals surface area contributed by atoms with Crippen molar-refractivity contribution in [3.63, 3.8) is 0 Å². The number of aliphatic hydroxyl groups excluding tert-OH is 7. The Balaban J connectivity index is 0.892. The van der Waals surface area contributed by atoms with Crippen molar-refractivity contribution in [2.75, 3.05) is 19.8 Å². The number of ether oxygens (including phenoxy) is 6. The van der Waals surface area contributed by atoms with E-state index in [1.54, 1.807) is 0 Å². The Morgan fingerprint density at radius 3 is 2.08 bits per heavy atom. The number of rotatable bonds is 6. The molecule has 298 valence electrons. The molecule has 8 rings (SSSR count). The fourth-order valence-corrected chi connectivity index (χ4v) is 13.2. The lowest BCUT2D eigenvalue weighted by Crippen LogP contribution is -2.65. The van der Waals surface area contributed by atoms with E-state index in [1.807, 2.05) is 0 Å². The molecular weight excluding hydrogens is 676 g/mol. The average molecular weight is 741 g/mol. The van der Waals surface area contributed by atoms with Gasteiger partial charge in [-0.2, -0.15) is 0 Å². The molecule has 3 unspecified atom stereocenters. The lowest BCUT2D eigenvalue weighted by atomic mass is 9.44. The van der Waals surface area contributed by atoms with E-state index in [-0.39, 0.29) is 23.0 Å². The van der Waals surface area contributed by atoms with Crippen molar-refractivity contribution in [1.29, 1.82) is 0 Å².